The summed E-state index contributed by atoms with van der Waals surface area (Å²) in [5.74, 6) is -0.749. The number of aliphatic hydroxyl groups excluding tert-OH is 1. The average Bonchev–Trinajstić information content (AvgIpc) is 3.14. The Morgan fingerprint density at radius 1 is 1.00 bits per heavy atom. The summed E-state index contributed by atoms with van der Waals surface area (Å²) in [4.78, 5) is 39.7. The predicted octanol–water partition coefficient (Wildman–Crippen LogP) is 0.654. The summed E-state index contributed by atoms with van der Waals surface area (Å²) in [5, 5.41) is 9.73. The first-order valence-electron chi connectivity index (χ1n) is 8.01. The van der Waals surface area contributed by atoms with Crippen molar-refractivity contribution >= 4 is 17.7 Å². The van der Waals surface area contributed by atoms with Gasteiger partial charge in [-0.2, -0.15) is 0 Å². The molecule has 0 aromatic heterocycles. The zero-order valence-corrected chi connectivity index (χ0v) is 12.6. The number of rotatable bonds is 4. The lowest BCUT2D eigenvalue weighted by Gasteiger charge is -2.29. The van der Waals surface area contributed by atoms with Gasteiger partial charge < -0.3 is 10.0 Å². The molecule has 3 atom stereocenters. The van der Waals surface area contributed by atoms with Gasteiger partial charge in [-0.05, 0) is 31.4 Å². The van der Waals surface area contributed by atoms with E-state index in [0.717, 1.165) is 6.42 Å². The molecule has 6 heteroatoms. The minimum absolute atomic E-state index is 0.0103. The van der Waals surface area contributed by atoms with Crippen LogP contribution < -0.4 is 0 Å². The Bertz CT molecular complexity index is 667. The van der Waals surface area contributed by atoms with E-state index in [-0.39, 0.29) is 29.7 Å². The largest absolute Gasteiger partial charge is 0.392 e. The summed E-state index contributed by atoms with van der Waals surface area (Å²) in [6.45, 7) is 0.843. The highest BCUT2D eigenvalue weighted by atomic mass is 16.3. The Labute approximate surface area is 133 Å². The molecule has 4 rings (SSSR count). The quantitative estimate of drug-likeness (QED) is 0.828. The van der Waals surface area contributed by atoms with E-state index in [1.165, 1.54) is 4.90 Å². The van der Waals surface area contributed by atoms with Crippen molar-refractivity contribution in [2.24, 2.45) is 5.92 Å². The normalized spacial score (nSPS) is 28.9. The van der Waals surface area contributed by atoms with Gasteiger partial charge in [0.05, 0.1) is 23.1 Å². The molecule has 2 fully saturated rings. The van der Waals surface area contributed by atoms with Crippen LogP contribution in [0.2, 0.25) is 0 Å². The van der Waals surface area contributed by atoms with Crippen molar-refractivity contribution in [1.29, 1.82) is 0 Å². The molecule has 3 aliphatic rings. The number of imide groups is 1. The van der Waals surface area contributed by atoms with Gasteiger partial charge in [0.2, 0.25) is 5.91 Å². The van der Waals surface area contributed by atoms with Gasteiger partial charge in [-0.1, -0.05) is 12.1 Å². The van der Waals surface area contributed by atoms with Gasteiger partial charge in [-0.25, -0.2) is 0 Å². The van der Waals surface area contributed by atoms with Crippen molar-refractivity contribution in [3.05, 3.63) is 35.4 Å². The second-order valence-electron chi connectivity index (χ2n) is 6.49. The molecule has 2 bridgehead atoms. The molecular weight excluding hydrogens is 296 g/mol. The monoisotopic (exact) mass is 314 g/mol. The van der Waals surface area contributed by atoms with Crippen LogP contribution in [0.25, 0.3) is 0 Å². The van der Waals surface area contributed by atoms with Crippen LogP contribution in [0.5, 0.6) is 0 Å². The second kappa shape index (κ2) is 5.16. The van der Waals surface area contributed by atoms with Crippen LogP contribution in [0.15, 0.2) is 24.3 Å². The van der Waals surface area contributed by atoms with E-state index in [1.807, 2.05) is 0 Å². The summed E-state index contributed by atoms with van der Waals surface area (Å²) in [6.07, 6.45) is 1.44. The summed E-state index contributed by atoms with van der Waals surface area (Å²) in [7, 11) is 0. The third-order valence-corrected chi connectivity index (χ3v) is 5.20. The van der Waals surface area contributed by atoms with E-state index in [1.54, 1.807) is 29.2 Å². The number of nitrogens with zero attached hydrogens (tertiary/aromatic N) is 2. The average molecular weight is 314 g/mol. The zero-order valence-electron chi connectivity index (χ0n) is 12.6. The molecule has 1 aromatic rings. The van der Waals surface area contributed by atoms with Crippen LogP contribution in [0.3, 0.4) is 0 Å². The summed E-state index contributed by atoms with van der Waals surface area (Å²) < 4.78 is 0. The van der Waals surface area contributed by atoms with Crippen LogP contribution in [0.1, 0.15) is 40.0 Å². The summed E-state index contributed by atoms with van der Waals surface area (Å²) >= 11 is 0. The minimum Gasteiger partial charge on any atom is -0.392 e. The van der Waals surface area contributed by atoms with Crippen LogP contribution in [0.4, 0.5) is 0 Å². The van der Waals surface area contributed by atoms with Crippen LogP contribution in [-0.2, 0) is 4.79 Å². The first kappa shape index (κ1) is 14.4. The van der Waals surface area contributed by atoms with Gasteiger partial charge in [0, 0.05) is 19.1 Å². The summed E-state index contributed by atoms with van der Waals surface area (Å²) in [5.41, 5.74) is 0.911. The number of fused-ring (bicyclic) bond motifs is 3. The van der Waals surface area contributed by atoms with E-state index in [4.69, 9.17) is 0 Å². The van der Waals surface area contributed by atoms with Crippen molar-refractivity contribution < 1.29 is 19.5 Å². The van der Waals surface area contributed by atoms with Gasteiger partial charge in [-0.15, -0.1) is 0 Å². The molecule has 120 valence electrons. The highest BCUT2D eigenvalue weighted by Gasteiger charge is 2.49. The molecule has 1 saturated heterocycles. The van der Waals surface area contributed by atoms with Gasteiger partial charge in [0.1, 0.15) is 0 Å². The first-order chi connectivity index (χ1) is 11.1. The molecule has 2 heterocycles. The molecule has 0 unspecified atom stereocenters. The Morgan fingerprint density at radius 3 is 2.22 bits per heavy atom. The molecule has 2 aliphatic heterocycles. The molecule has 1 aliphatic carbocycles. The van der Waals surface area contributed by atoms with Crippen molar-refractivity contribution in [1.82, 2.24) is 9.80 Å². The molecule has 3 amide bonds. The van der Waals surface area contributed by atoms with Gasteiger partial charge in [-0.3, -0.25) is 19.3 Å². The molecule has 1 aromatic carbocycles. The Hall–Kier alpha value is -2.21. The van der Waals surface area contributed by atoms with E-state index in [0.29, 0.717) is 37.1 Å². The van der Waals surface area contributed by atoms with E-state index in [2.05, 4.69) is 0 Å². The molecule has 6 nitrogen and oxygen atoms in total. The number of hydrogen-bond donors (Lipinski definition) is 1. The third-order valence-electron chi connectivity index (χ3n) is 5.20. The topological polar surface area (TPSA) is 77.9 Å². The van der Waals surface area contributed by atoms with Crippen LogP contribution >= 0.6 is 0 Å². The van der Waals surface area contributed by atoms with Crippen molar-refractivity contribution in [3.63, 3.8) is 0 Å². The fourth-order valence-corrected chi connectivity index (χ4v) is 4.04. The van der Waals surface area contributed by atoms with Crippen molar-refractivity contribution in [3.8, 4) is 0 Å². The SMILES string of the molecule is O=C1c2ccccc2C(=O)N1CCCN1C(=O)[C@@H]2C[C@H]1C[C@@H]2O. The first-order valence-corrected chi connectivity index (χ1v) is 8.01. The van der Waals surface area contributed by atoms with Crippen LogP contribution in [-0.4, -0.2) is 57.9 Å². The smallest absolute Gasteiger partial charge is 0.261 e. The molecular formula is C17H18N2O4. The van der Waals surface area contributed by atoms with Gasteiger partial charge in [0.15, 0.2) is 0 Å². The van der Waals surface area contributed by atoms with Crippen molar-refractivity contribution in [2.45, 2.75) is 31.4 Å². The van der Waals surface area contributed by atoms with Gasteiger partial charge >= 0.3 is 0 Å². The maximum Gasteiger partial charge on any atom is 0.261 e. The highest BCUT2D eigenvalue weighted by Crippen LogP contribution is 2.38. The predicted molar refractivity (Wildman–Crippen MR) is 80.7 cm³/mol. The Morgan fingerprint density at radius 2 is 1.65 bits per heavy atom. The molecule has 0 spiro atoms. The van der Waals surface area contributed by atoms with Crippen molar-refractivity contribution in [2.75, 3.05) is 13.1 Å². The number of benzene rings is 1. The third kappa shape index (κ3) is 2.09. The molecule has 1 saturated carbocycles. The summed E-state index contributed by atoms with van der Waals surface area (Å²) in [6, 6.07) is 6.95. The molecule has 23 heavy (non-hydrogen) atoms. The van der Waals surface area contributed by atoms with Crippen LogP contribution in [0, 0.1) is 5.92 Å². The lowest BCUT2D eigenvalue weighted by molar-refractivity contribution is -0.138. The fourth-order valence-electron chi connectivity index (χ4n) is 4.04. The lowest BCUT2D eigenvalue weighted by Crippen LogP contribution is -2.43. The van der Waals surface area contributed by atoms with E-state index in [9.17, 15) is 19.5 Å². The van der Waals surface area contributed by atoms with E-state index >= 15 is 0 Å². The highest BCUT2D eigenvalue weighted by molar-refractivity contribution is 6.21. The number of likely N-dealkylation sites (tertiary alicyclic amines) is 1. The minimum atomic E-state index is -0.500. The maximum absolute atomic E-state index is 12.3. The second-order valence-corrected chi connectivity index (χ2v) is 6.49. The lowest BCUT2D eigenvalue weighted by atomic mass is 10.1. The number of aliphatic hydroxyl groups is 1. The fraction of sp³-hybridized carbons (Fsp3) is 0.471. The number of piperidine rings is 1. The number of carbonyl (C=O) groups excluding carboxylic acids is 3. The molecule has 1 N–H and O–H groups in total. The maximum atomic E-state index is 12.3. The number of carbonyl (C=O) groups is 3. The zero-order chi connectivity index (χ0) is 16.1. The van der Waals surface area contributed by atoms with E-state index < -0.39 is 6.10 Å². The van der Waals surface area contributed by atoms with Gasteiger partial charge in [0.25, 0.3) is 11.8 Å². The standard InChI is InChI=1S/C17H18N2O4/c20-14-9-10-8-13(14)17(23)18(10)6-3-7-19-15(21)11-4-1-2-5-12(11)16(19)22/h1-2,4-5,10,13-14,20H,3,6-9H2/t10-,13+,14-/m0/s1. The Balaban J connectivity index is 1.37. The number of hydrogen-bond acceptors (Lipinski definition) is 4. The molecule has 0 radical (unpaired) electrons. The Kier molecular flexibility index (Phi) is 3.23. The number of amides is 3.